The van der Waals surface area contributed by atoms with Gasteiger partial charge in [-0.3, -0.25) is 9.78 Å². The fourth-order valence-corrected chi connectivity index (χ4v) is 3.00. The number of alkyl carbamates (subject to hydrolysis) is 1. The summed E-state index contributed by atoms with van der Waals surface area (Å²) in [7, 11) is 0. The van der Waals surface area contributed by atoms with Gasteiger partial charge in [-0.25, -0.2) is 4.79 Å². The SMILES string of the molecule is CC(C)(C)OC(=O)NCc1cccc(NC(=O)c2cncc(N3CCOCC3)c2)c1. The predicted molar refractivity (Wildman–Crippen MR) is 115 cm³/mol. The second-order valence-corrected chi connectivity index (χ2v) is 8.04. The van der Waals surface area contributed by atoms with Gasteiger partial charge in [0.2, 0.25) is 0 Å². The molecule has 2 heterocycles. The van der Waals surface area contributed by atoms with Crippen molar-refractivity contribution in [2.24, 2.45) is 0 Å². The molecule has 3 rings (SSSR count). The van der Waals surface area contributed by atoms with Crippen LogP contribution in [0.3, 0.4) is 0 Å². The van der Waals surface area contributed by atoms with E-state index in [9.17, 15) is 9.59 Å². The Morgan fingerprint density at radius 2 is 1.93 bits per heavy atom. The Hall–Kier alpha value is -3.13. The lowest BCUT2D eigenvalue weighted by Crippen LogP contribution is -2.36. The van der Waals surface area contributed by atoms with Crippen LogP contribution in [-0.4, -0.2) is 48.9 Å². The van der Waals surface area contributed by atoms with Gasteiger partial charge in [-0.15, -0.1) is 0 Å². The second kappa shape index (κ2) is 9.58. The smallest absolute Gasteiger partial charge is 0.407 e. The summed E-state index contributed by atoms with van der Waals surface area (Å²) in [5.74, 6) is -0.241. The van der Waals surface area contributed by atoms with Gasteiger partial charge in [0.1, 0.15) is 5.60 Å². The van der Waals surface area contributed by atoms with Crippen molar-refractivity contribution in [3.05, 3.63) is 53.9 Å². The minimum atomic E-state index is -0.552. The summed E-state index contributed by atoms with van der Waals surface area (Å²) in [4.78, 5) is 30.9. The number of hydrogen-bond donors (Lipinski definition) is 2. The maximum absolute atomic E-state index is 12.7. The van der Waals surface area contributed by atoms with Gasteiger partial charge in [0.15, 0.2) is 0 Å². The van der Waals surface area contributed by atoms with E-state index in [-0.39, 0.29) is 5.91 Å². The number of nitrogens with one attached hydrogen (secondary N) is 2. The van der Waals surface area contributed by atoms with E-state index < -0.39 is 11.7 Å². The van der Waals surface area contributed by atoms with Crippen molar-refractivity contribution in [3.8, 4) is 0 Å². The molecule has 2 N–H and O–H groups in total. The lowest BCUT2D eigenvalue weighted by Gasteiger charge is -2.28. The molecule has 0 radical (unpaired) electrons. The Kier molecular flexibility index (Phi) is 6.89. The predicted octanol–water partition coefficient (Wildman–Crippen LogP) is 3.20. The number of morpholine rings is 1. The molecule has 2 aromatic rings. The largest absolute Gasteiger partial charge is 0.444 e. The number of nitrogens with zero attached hydrogens (tertiary/aromatic N) is 2. The Morgan fingerprint density at radius 3 is 2.67 bits per heavy atom. The van der Waals surface area contributed by atoms with Crippen molar-refractivity contribution in [1.82, 2.24) is 10.3 Å². The summed E-state index contributed by atoms with van der Waals surface area (Å²) in [6, 6.07) is 9.14. The lowest BCUT2D eigenvalue weighted by atomic mass is 10.2. The third-order valence-electron chi connectivity index (χ3n) is 4.38. The molecule has 8 nitrogen and oxygen atoms in total. The highest BCUT2D eigenvalue weighted by Crippen LogP contribution is 2.18. The zero-order valence-electron chi connectivity index (χ0n) is 17.6. The van der Waals surface area contributed by atoms with Gasteiger partial charge in [-0.05, 0) is 44.5 Å². The Balaban J connectivity index is 1.60. The maximum atomic E-state index is 12.7. The summed E-state index contributed by atoms with van der Waals surface area (Å²) < 4.78 is 10.6. The third-order valence-corrected chi connectivity index (χ3v) is 4.38. The lowest BCUT2D eigenvalue weighted by molar-refractivity contribution is 0.0523. The molecule has 0 spiro atoms. The Bertz CT molecular complexity index is 889. The minimum absolute atomic E-state index is 0.241. The highest BCUT2D eigenvalue weighted by atomic mass is 16.6. The molecule has 1 aliphatic rings. The quantitative estimate of drug-likeness (QED) is 0.784. The number of carbonyl (C=O) groups is 2. The number of benzene rings is 1. The fourth-order valence-electron chi connectivity index (χ4n) is 3.00. The molecule has 0 atom stereocenters. The van der Waals surface area contributed by atoms with Crippen molar-refractivity contribution in [2.75, 3.05) is 36.5 Å². The van der Waals surface area contributed by atoms with Gasteiger partial charge in [-0.1, -0.05) is 12.1 Å². The molecule has 1 fully saturated rings. The Labute approximate surface area is 176 Å². The van der Waals surface area contributed by atoms with Crippen LogP contribution >= 0.6 is 0 Å². The van der Waals surface area contributed by atoms with E-state index in [0.717, 1.165) is 24.3 Å². The molecule has 8 heteroatoms. The number of ether oxygens (including phenoxy) is 2. The first-order chi connectivity index (χ1) is 14.3. The van der Waals surface area contributed by atoms with E-state index >= 15 is 0 Å². The minimum Gasteiger partial charge on any atom is -0.444 e. The summed E-state index contributed by atoms with van der Waals surface area (Å²) in [6.45, 7) is 8.62. The van der Waals surface area contributed by atoms with Crippen LogP contribution in [0.1, 0.15) is 36.7 Å². The molecule has 2 amide bonds. The van der Waals surface area contributed by atoms with Crippen molar-refractivity contribution in [1.29, 1.82) is 0 Å². The summed E-state index contributed by atoms with van der Waals surface area (Å²) in [5.41, 5.74) is 2.32. The molecule has 1 aromatic heterocycles. The Morgan fingerprint density at radius 1 is 1.17 bits per heavy atom. The van der Waals surface area contributed by atoms with Gasteiger partial charge in [0.05, 0.1) is 30.7 Å². The average molecular weight is 412 g/mol. The first kappa shape index (κ1) is 21.6. The number of anilines is 2. The number of rotatable bonds is 5. The van der Waals surface area contributed by atoms with Crippen LogP contribution in [-0.2, 0) is 16.0 Å². The van der Waals surface area contributed by atoms with Gasteiger partial charge in [-0.2, -0.15) is 0 Å². The molecule has 1 saturated heterocycles. The first-order valence-electron chi connectivity index (χ1n) is 9.95. The zero-order valence-corrected chi connectivity index (χ0v) is 17.6. The van der Waals surface area contributed by atoms with Crippen LogP contribution in [0.25, 0.3) is 0 Å². The van der Waals surface area contributed by atoms with Crippen LogP contribution in [0.2, 0.25) is 0 Å². The molecular formula is C22H28N4O4. The highest BCUT2D eigenvalue weighted by molar-refractivity contribution is 6.04. The van der Waals surface area contributed by atoms with Gasteiger partial charge in [0, 0.05) is 31.5 Å². The van der Waals surface area contributed by atoms with Crippen molar-refractivity contribution >= 4 is 23.4 Å². The molecule has 30 heavy (non-hydrogen) atoms. The number of carbonyl (C=O) groups excluding carboxylic acids is 2. The maximum Gasteiger partial charge on any atom is 0.407 e. The molecule has 1 aliphatic heterocycles. The average Bonchev–Trinajstić information content (AvgIpc) is 2.72. The number of hydrogen-bond acceptors (Lipinski definition) is 6. The molecule has 0 unspecified atom stereocenters. The van der Waals surface area contributed by atoms with E-state index in [1.807, 2.05) is 45.0 Å². The molecule has 0 saturated carbocycles. The second-order valence-electron chi connectivity index (χ2n) is 8.04. The highest BCUT2D eigenvalue weighted by Gasteiger charge is 2.16. The molecule has 160 valence electrons. The summed E-state index contributed by atoms with van der Waals surface area (Å²) in [6.07, 6.45) is 2.82. The monoisotopic (exact) mass is 412 g/mol. The van der Waals surface area contributed by atoms with Crippen LogP contribution in [0, 0.1) is 0 Å². The number of amides is 2. The molecular weight excluding hydrogens is 384 g/mol. The fraction of sp³-hybridized carbons (Fsp3) is 0.409. The first-order valence-corrected chi connectivity index (χ1v) is 9.95. The van der Waals surface area contributed by atoms with Gasteiger partial charge >= 0.3 is 6.09 Å². The van der Waals surface area contributed by atoms with Crippen molar-refractivity contribution in [2.45, 2.75) is 32.9 Å². The van der Waals surface area contributed by atoms with Crippen molar-refractivity contribution in [3.63, 3.8) is 0 Å². The third kappa shape index (κ3) is 6.45. The van der Waals surface area contributed by atoms with E-state index in [1.54, 1.807) is 18.5 Å². The van der Waals surface area contributed by atoms with Gasteiger partial charge < -0.3 is 25.0 Å². The standard InChI is InChI=1S/C22H28N4O4/c1-22(2,3)30-21(28)24-13-16-5-4-6-18(11-16)25-20(27)17-12-19(15-23-14-17)26-7-9-29-10-8-26/h4-6,11-12,14-15H,7-10,13H2,1-3H3,(H,24,28)(H,25,27). The summed E-state index contributed by atoms with van der Waals surface area (Å²) >= 11 is 0. The topological polar surface area (TPSA) is 92.8 Å². The van der Waals surface area contributed by atoms with E-state index in [0.29, 0.717) is 31.0 Å². The van der Waals surface area contributed by atoms with Crippen LogP contribution < -0.4 is 15.5 Å². The molecule has 0 bridgehead atoms. The van der Waals surface area contributed by atoms with Crippen molar-refractivity contribution < 1.29 is 19.1 Å². The number of pyridine rings is 1. The molecule has 0 aliphatic carbocycles. The normalized spacial score (nSPS) is 14.2. The van der Waals surface area contributed by atoms with Gasteiger partial charge in [0.25, 0.3) is 5.91 Å². The van der Waals surface area contributed by atoms with Crippen LogP contribution in [0.5, 0.6) is 0 Å². The van der Waals surface area contributed by atoms with Crippen LogP contribution in [0.15, 0.2) is 42.7 Å². The zero-order chi connectivity index (χ0) is 21.6. The van der Waals surface area contributed by atoms with Crippen LogP contribution in [0.4, 0.5) is 16.2 Å². The summed E-state index contributed by atoms with van der Waals surface area (Å²) in [5, 5.41) is 5.60. The molecule has 1 aromatic carbocycles. The van der Waals surface area contributed by atoms with E-state index in [2.05, 4.69) is 20.5 Å². The van der Waals surface area contributed by atoms with E-state index in [4.69, 9.17) is 9.47 Å². The number of aromatic nitrogens is 1. The van der Waals surface area contributed by atoms with E-state index in [1.165, 1.54) is 0 Å².